The van der Waals surface area contributed by atoms with E-state index in [1.807, 2.05) is 27.7 Å². The Balaban J connectivity index is 4.89. The first-order valence-electron chi connectivity index (χ1n) is 7.89. The van der Waals surface area contributed by atoms with Gasteiger partial charge in [0.15, 0.2) is 0 Å². The molecule has 0 fully saturated rings. The number of hydrogen-bond acceptors (Lipinski definition) is 4. The van der Waals surface area contributed by atoms with Crippen LogP contribution in [0.1, 0.15) is 72.6 Å². The lowest BCUT2D eigenvalue weighted by Crippen LogP contribution is -2.36. The molecule has 0 N–H and O–H groups in total. The minimum absolute atomic E-state index is 0.136. The summed E-state index contributed by atoms with van der Waals surface area (Å²) in [4.78, 5) is 24.3. The Kier molecular flexibility index (Phi) is 10.1. The van der Waals surface area contributed by atoms with Crippen molar-refractivity contribution >= 4 is 11.9 Å². The van der Waals surface area contributed by atoms with Crippen LogP contribution in [0.3, 0.4) is 0 Å². The highest BCUT2D eigenvalue weighted by molar-refractivity contribution is 5.83. The van der Waals surface area contributed by atoms with Gasteiger partial charge in [-0.25, -0.2) is 0 Å². The van der Waals surface area contributed by atoms with Gasteiger partial charge in [-0.1, -0.05) is 40.5 Å². The van der Waals surface area contributed by atoms with Gasteiger partial charge in [-0.2, -0.15) is 0 Å². The highest BCUT2D eigenvalue weighted by Gasteiger charge is 2.40. The van der Waals surface area contributed by atoms with Crippen molar-refractivity contribution in [1.82, 2.24) is 0 Å². The normalized spacial score (nSPS) is 11.2. The van der Waals surface area contributed by atoms with Crippen LogP contribution in [0.5, 0.6) is 0 Å². The average molecular weight is 286 g/mol. The Labute approximate surface area is 123 Å². The lowest BCUT2D eigenvalue weighted by atomic mass is 9.76. The fourth-order valence-corrected chi connectivity index (χ4v) is 2.43. The van der Waals surface area contributed by atoms with E-state index in [1.54, 1.807) is 0 Å². The summed E-state index contributed by atoms with van der Waals surface area (Å²) in [5, 5.41) is 0. The maximum absolute atomic E-state index is 12.4. The quantitative estimate of drug-likeness (QED) is 0.541. The number of ether oxygens (including phenoxy) is 2. The lowest BCUT2D eigenvalue weighted by molar-refractivity contribution is -0.164. The first kappa shape index (κ1) is 18.9. The van der Waals surface area contributed by atoms with Crippen LogP contribution in [-0.2, 0) is 19.1 Å². The first-order valence-corrected chi connectivity index (χ1v) is 7.89. The molecule has 0 atom stereocenters. The summed E-state index contributed by atoms with van der Waals surface area (Å²) in [7, 11) is 0. The minimum Gasteiger partial charge on any atom is -0.466 e. The molecule has 0 saturated heterocycles. The number of carbonyl (C=O) groups excluding carboxylic acids is 2. The van der Waals surface area contributed by atoms with Crippen molar-refractivity contribution in [2.45, 2.75) is 72.6 Å². The third-order valence-corrected chi connectivity index (χ3v) is 3.28. The molecule has 0 aromatic rings. The maximum Gasteiger partial charge on any atom is 0.312 e. The molecule has 20 heavy (non-hydrogen) atoms. The zero-order chi connectivity index (χ0) is 15.4. The van der Waals surface area contributed by atoms with E-state index in [0.717, 1.165) is 25.7 Å². The van der Waals surface area contributed by atoms with E-state index < -0.39 is 5.41 Å². The van der Waals surface area contributed by atoms with Gasteiger partial charge in [-0.05, 0) is 25.7 Å². The van der Waals surface area contributed by atoms with Crippen LogP contribution in [0, 0.1) is 5.41 Å². The molecule has 0 aromatic carbocycles. The van der Waals surface area contributed by atoms with Crippen LogP contribution < -0.4 is 0 Å². The Morgan fingerprint density at radius 3 is 1.75 bits per heavy atom. The predicted molar refractivity (Wildman–Crippen MR) is 79.4 cm³/mol. The number of esters is 2. The van der Waals surface area contributed by atoms with E-state index in [4.69, 9.17) is 9.47 Å². The van der Waals surface area contributed by atoms with Crippen LogP contribution in [0.4, 0.5) is 0 Å². The molecule has 0 aliphatic heterocycles. The third kappa shape index (κ3) is 6.40. The van der Waals surface area contributed by atoms with E-state index in [-0.39, 0.29) is 18.4 Å². The van der Waals surface area contributed by atoms with E-state index in [0.29, 0.717) is 26.1 Å². The largest absolute Gasteiger partial charge is 0.466 e. The van der Waals surface area contributed by atoms with Crippen LogP contribution in [0.15, 0.2) is 0 Å². The van der Waals surface area contributed by atoms with Crippen molar-refractivity contribution in [3.63, 3.8) is 0 Å². The summed E-state index contributed by atoms with van der Waals surface area (Å²) >= 11 is 0. The van der Waals surface area contributed by atoms with E-state index >= 15 is 0 Å². The molecule has 0 aromatic heterocycles. The zero-order valence-corrected chi connectivity index (χ0v) is 13.5. The molecule has 0 aliphatic carbocycles. The average Bonchev–Trinajstić information content (AvgIpc) is 2.42. The van der Waals surface area contributed by atoms with Crippen molar-refractivity contribution < 1.29 is 19.1 Å². The van der Waals surface area contributed by atoms with Crippen molar-refractivity contribution in [2.24, 2.45) is 5.41 Å². The summed E-state index contributed by atoms with van der Waals surface area (Å²) in [6.07, 6.45) is 4.76. The molecular weight excluding hydrogens is 256 g/mol. The molecule has 0 aliphatic rings. The molecule has 0 amide bonds. The first-order chi connectivity index (χ1) is 9.56. The second-order valence-corrected chi connectivity index (χ2v) is 5.31. The lowest BCUT2D eigenvalue weighted by Gasteiger charge is -2.30. The molecule has 0 heterocycles. The molecule has 0 unspecified atom stereocenters. The van der Waals surface area contributed by atoms with Crippen molar-refractivity contribution in [2.75, 3.05) is 13.2 Å². The topological polar surface area (TPSA) is 52.6 Å². The maximum atomic E-state index is 12.4. The van der Waals surface area contributed by atoms with Gasteiger partial charge in [0, 0.05) is 0 Å². The van der Waals surface area contributed by atoms with Crippen LogP contribution in [0.2, 0.25) is 0 Å². The van der Waals surface area contributed by atoms with E-state index in [2.05, 4.69) is 0 Å². The second-order valence-electron chi connectivity index (χ2n) is 5.31. The number of hydrogen-bond donors (Lipinski definition) is 0. The summed E-state index contributed by atoms with van der Waals surface area (Å²) in [5.74, 6) is -0.529. The van der Waals surface area contributed by atoms with Gasteiger partial charge in [0.05, 0.1) is 25.0 Å². The Hall–Kier alpha value is -1.06. The second kappa shape index (κ2) is 10.7. The molecule has 118 valence electrons. The monoisotopic (exact) mass is 286 g/mol. The predicted octanol–water partition coefficient (Wildman–Crippen LogP) is 3.87. The standard InChI is InChI=1S/C16H30O4/c1-5-9-16(10-6-2,15(18)20-12-8-4)13-14(17)19-11-7-3/h5-13H2,1-4H3. The number of carbonyl (C=O) groups is 2. The molecule has 0 radical (unpaired) electrons. The van der Waals surface area contributed by atoms with E-state index in [9.17, 15) is 9.59 Å². The minimum atomic E-state index is -0.705. The zero-order valence-electron chi connectivity index (χ0n) is 13.5. The Morgan fingerprint density at radius 2 is 1.30 bits per heavy atom. The van der Waals surface area contributed by atoms with Gasteiger partial charge < -0.3 is 9.47 Å². The van der Waals surface area contributed by atoms with Crippen LogP contribution in [0.25, 0.3) is 0 Å². The van der Waals surface area contributed by atoms with Crippen LogP contribution in [-0.4, -0.2) is 25.2 Å². The van der Waals surface area contributed by atoms with Gasteiger partial charge in [0.1, 0.15) is 0 Å². The summed E-state index contributed by atoms with van der Waals surface area (Å²) < 4.78 is 10.5. The van der Waals surface area contributed by atoms with Crippen molar-refractivity contribution in [3.05, 3.63) is 0 Å². The van der Waals surface area contributed by atoms with Gasteiger partial charge in [0.2, 0.25) is 0 Å². The Morgan fingerprint density at radius 1 is 0.800 bits per heavy atom. The van der Waals surface area contributed by atoms with Gasteiger partial charge >= 0.3 is 11.9 Å². The molecule has 0 saturated carbocycles. The highest BCUT2D eigenvalue weighted by Crippen LogP contribution is 2.36. The molecule has 0 bridgehead atoms. The van der Waals surface area contributed by atoms with Crippen molar-refractivity contribution in [1.29, 1.82) is 0 Å². The summed E-state index contributed by atoms with van der Waals surface area (Å²) in [6.45, 7) is 8.79. The molecule has 0 rings (SSSR count). The summed E-state index contributed by atoms with van der Waals surface area (Å²) in [5.41, 5.74) is -0.705. The highest BCUT2D eigenvalue weighted by atomic mass is 16.5. The van der Waals surface area contributed by atoms with Crippen LogP contribution >= 0.6 is 0 Å². The number of rotatable bonds is 11. The Bertz CT molecular complexity index is 280. The molecule has 4 nitrogen and oxygen atoms in total. The van der Waals surface area contributed by atoms with Crippen molar-refractivity contribution in [3.8, 4) is 0 Å². The third-order valence-electron chi connectivity index (χ3n) is 3.28. The molecular formula is C16H30O4. The smallest absolute Gasteiger partial charge is 0.312 e. The van der Waals surface area contributed by atoms with E-state index in [1.165, 1.54) is 0 Å². The molecule has 4 heteroatoms. The van der Waals surface area contributed by atoms with Gasteiger partial charge in [-0.3, -0.25) is 9.59 Å². The fraction of sp³-hybridized carbons (Fsp3) is 0.875. The molecule has 0 spiro atoms. The SMILES string of the molecule is CCCOC(=O)CC(CCC)(CCC)C(=O)OCCC. The summed E-state index contributed by atoms with van der Waals surface area (Å²) in [6, 6.07) is 0. The van der Waals surface area contributed by atoms with Gasteiger partial charge in [0.25, 0.3) is 0 Å². The fourth-order valence-electron chi connectivity index (χ4n) is 2.43. The van der Waals surface area contributed by atoms with Gasteiger partial charge in [-0.15, -0.1) is 0 Å².